The molecule has 0 aromatic heterocycles. The van der Waals surface area contributed by atoms with Gasteiger partial charge in [0.25, 0.3) is 0 Å². The van der Waals surface area contributed by atoms with Crippen LogP contribution in [0.3, 0.4) is 0 Å². The fraction of sp³-hybridized carbons (Fsp3) is 0.600. The Morgan fingerprint density at radius 1 is 1.21 bits per heavy atom. The first kappa shape index (κ1) is 24.5. The van der Waals surface area contributed by atoms with Crippen LogP contribution in [0.2, 0.25) is 0 Å². The Morgan fingerprint density at radius 2 is 1.86 bits per heavy atom. The van der Waals surface area contributed by atoms with Gasteiger partial charge in [-0.05, 0) is 24.6 Å². The average Bonchev–Trinajstić information content (AvgIpc) is 2.67. The molecule has 158 valence electrons. The highest BCUT2D eigenvalue weighted by molar-refractivity contribution is 14.0. The molecular weight excluding hydrogens is 469 g/mol. The maximum atomic E-state index is 11.4. The number of guanidine groups is 1. The fourth-order valence-corrected chi connectivity index (χ4v) is 3.20. The zero-order valence-electron chi connectivity index (χ0n) is 17.5. The molecule has 1 heterocycles. The predicted molar refractivity (Wildman–Crippen MR) is 125 cm³/mol. The number of carbonyl (C=O) groups is 1. The summed E-state index contributed by atoms with van der Waals surface area (Å²) in [5, 5.41) is 3.43. The van der Waals surface area contributed by atoms with Crippen LogP contribution in [-0.2, 0) is 11.3 Å². The van der Waals surface area contributed by atoms with Crippen molar-refractivity contribution >= 4 is 35.8 Å². The number of halogens is 1. The molecule has 1 fully saturated rings. The van der Waals surface area contributed by atoms with E-state index >= 15 is 0 Å². The SMILES string of the molecule is CCOc1ccc(CN(C)C(=NC)NCCN2CCN(C(C)=O)CC2)cc1.I. The van der Waals surface area contributed by atoms with Gasteiger partial charge >= 0.3 is 0 Å². The number of nitrogens with zero attached hydrogens (tertiary/aromatic N) is 4. The van der Waals surface area contributed by atoms with Crippen molar-refractivity contribution in [3.05, 3.63) is 29.8 Å². The summed E-state index contributed by atoms with van der Waals surface area (Å²) in [6.45, 7) is 10.4. The third-order valence-corrected chi connectivity index (χ3v) is 4.76. The second kappa shape index (κ2) is 12.8. The number of nitrogens with one attached hydrogen (secondary N) is 1. The van der Waals surface area contributed by atoms with Crippen molar-refractivity contribution in [2.24, 2.45) is 4.99 Å². The molecule has 0 radical (unpaired) electrons. The van der Waals surface area contributed by atoms with Crippen molar-refractivity contribution < 1.29 is 9.53 Å². The monoisotopic (exact) mass is 503 g/mol. The molecule has 8 heteroatoms. The van der Waals surface area contributed by atoms with Gasteiger partial charge in [0.1, 0.15) is 5.75 Å². The fourth-order valence-electron chi connectivity index (χ4n) is 3.20. The summed E-state index contributed by atoms with van der Waals surface area (Å²) >= 11 is 0. The highest BCUT2D eigenvalue weighted by atomic mass is 127. The van der Waals surface area contributed by atoms with Crippen LogP contribution in [0, 0.1) is 0 Å². The van der Waals surface area contributed by atoms with E-state index in [1.165, 1.54) is 5.56 Å². The van der Waals surface area contributed by atoms with Gasteiger partial charge in [-0.25, -0.2) is 0 Å². The van der Waals surface area contributed by atoms with Gasteiger partial charge in [0.15, 0.2) is 5.96 Å². The third kappa shape index (κ3) is 7.83. The minimum atomic E-state index is 0. The molecule has 1 aliphatic heterocycles. The zero-order valence-corrected chi connectivity index (χ0v) is 19.8. The van der Waals surface area contributed by atoms with Crippen molar-refractivity contribution in [3.8, 4) is 5.75 Å². The van der Waals surface area contributed by atoms with Crippen molar-refractivity contribution in [1.82, 2.24) is 20.0 Å². The molecular formula is C20H34IN5O2. The van der Waals surface area contributed by atoms with Gasteiger partial charge in [-0.1, -0.05) is 12.1 Å². The van der Waals surface area contributed by atoms with Crippen LogP contribution in [-0.4, -0.2) is 86.5 Å². The molecule has 7 nitrogen and oxygen atoms in total. The van der Waals surface area contributed by atoms with Crippen LogP contribution >= 0.6 is 24.0 Å². The minimum absolute atomic E-state index is 0. The molecule has 0 spiro atoms. The summed E-state index contributed by atoms with van der Waals surface area (Å²) in [5.74, 6) is 1.95. The van der Waals surface area contributed by atoms with E-state index in [2.05, 4.69) is 32.2 Å². The third-order valence-electron chi connectivity index (χ3n) is 4.76. The molecule has 1 amide bonds. The number of hydrogen-bond donors (Lipinski definition) is 1. The molecule has 0 saturated carbocycles. The van der Waals surface area contributed by atoms with Crippen LogP contribution < -0.4 is 10.1 Å². The topological polar surface area (TPSA) is 60.4 Å². The van der Waals surface area contributed by atoms with E-state index in [0.29, 0.717) is 6.61 Å². The summed E-state index contributed by atoms with van der Waals surface area (Å²) in [5.41, 5.74) is 1.21. The Labute approximate surface area is 186 Å². The van der Waals surface area contributed by atoms with E-state index in [1.54, 1.807) is 6.92 Å². The molecule has 1 N–H and O–H groups in total. The van der Waals surface area contributed by atoms with E-state index in [0.717, 1.165) is 57.5 Å². The second-order valence-electron chi connectivity index (χ2n) is 6.75. The Balaban J connectivity index is 0.00000392. The normalized spacial score (nSPS) is 15.0. The Hall–Kier alpha value is -1.55. The van der Waals surface area contributed by atoms with Gasteiger partial charge in [0, 0.05) is 66.8 Å². The van der Waals surface area contributed by atoms with Crippen molar-refractivity contribution in [1.29, 1.82) is 0 Å². The summed E-state index contributed by atoms with van der Waals surface area (Å²) in [7, 11) is 3.85. The van der Waals surface area contributed by atoms with E-state index in [4.69, 9.17) is 4.74 Å². The van der Waals surface area contributed by atoms with Gasteiger partial charge in [-0.3, -0.25) is 14.7 Å². The smallest absolute Gasteiger partial charge is 0.219 e. The second-order valence-corrected chi connectivity index (χ2v) is 6.75. The zero-order chi connectivity index (χ0) is 19.6. The standard InChI is InChI=1S/C20H33N5O2.HI/c1-5-27-19-8-6-18(7-9-19)16-23(4)20(21-3)22-10-11-24-12-14-25(15-13-24)17(2)26;/h6-9H,5,10-16H2,1-4H3,(H,21,22);1H. The first-order chi connectivity index (χ1) is 13.0. The van der Waals surface area contributed by atoms with Crippen molar-refractivity contribution in [2.75, 3.05) is 60.0 Å². The molecule has 0 unspecified atom stereocenters. The number of aliphatic imine (C=N–C) groups is 1. The average molecular weight is 503 g/mol. The maximum Gasteiger partial charge on any atom is 0.219 e. The summed E-state index contributed by atoms with van der Waals surface area (Å²) in [6, 6.07) is 8.18. The van der Waals surface area contributed by atoms with Crippen LogP contribution in [0.25, 0.3) is 0 Å². The molecule has 1 aromatic rings. The summed E-state index contributed by atoms with van der Waals surface area (Å²) in [4.78, 5) is 22.2. The number of carbonyl (C=O) groups excluding carboxylic acids is 1. The van der Waals surface area contributed by atoms with Crippen LogP contribution in [0.1, 0.15) is 19.4 Å². The molecule has 1 aliphatic rings. The number of ether oxygens (including phenoxy) is 1. The largest absolute Gasteiger partial charge is 0.494 e. The van der Waals surface area contributed by atoms with E-state index in [-0.39, 0.29) is 29.9 Å². The Morgan fingerprint density at radius 3 is 2.39 bits per heavy atom. The maximum absolute atomic E-state index is 11.4. The van der Waals surface area contributed by atoms with Gasteiger partial charge in [0.05, 0.1) is 6.61 Å². The Kier molecular flexibility index (Phi) is 11.2. The number of hydrogen-bond acceptors (Lipinski definition) is 4. The highest BCUT2D eigenvalue weighted by Gasteiger charge is 2.18. The lowest BCUT2D eigenvalue weighted by atomic mass is 10.2. The Bertz CT molecular complexity index is 616. The van der Waals surface area contributed by atoms with E-state index in [9.17, 15) is 4.79 Å². The molecule has 0 bridgehead atoms. The van der Waals surface area contributed by atoms with E-state index in [1.807, 2.05) is 38.1 Å². The number of piperazine rings is 1. The van der Waals surface area contributed by atoms with Gasteiger partial charge in [-0.2, -0.15) is 0 Å². The van der Waals surface area contributed by atoms with Gasteiger partial charge in [-0.15, -0.1) is 24.0 Å². The highest BCUT2D eigenvalue weighted by Crippen LogP contribution is 2.13. The predicted octanol–water partition coefficient (Wildman–Crippen LogP) is 1.87. The first-order valence-electron chi connectivity index (χ1n) is 9.65. The van der Waals surface area contributed by atoms with Crippen molar-refractivity contribution in [3.63, 3.8) is 0 Å². The summed E-state index contributed by atoms with van der Waals surface area (Å²) < 4.78 is 5.49. The molecule has 1 saturated heterocycles. The molecule has 2 rings (SSSR count). The van der Waals surface area contributed by atoms with Gasteiger partial charge in [0.2, 0.25) is 5.91 Å². The first-order valence-corrected chi connectivity index (χ1v) is 9.65. The number of rotatable bonds is 7. The van der Waals surface area contributed by atoms with Crippen molar-refractivity contribution in [2.45, 2.75) is 20.4 Å². The summed E-state index contributed by atoms with van der Waals surface area (Å²) in [6.07, 6.45) is 0. The van der Waals surface area contributed by atoms with E-state index < -0.39 is 0 Å². The van der Waals surface area contributed by atoms with Crippen LogP contribution in [0.15, 0.2) is 29.3 Å². The van der Waals surface area contributed by atoms with Crippen LogP contribution in [0.5, 0.6) is 5.75 Å². The number of benzene rings is 1. The molecule has 1 aromatic carbocycles. The molecule has 0 aliphatic carbocycles. The van der Waals surface area contributed by atoms with Gasteiger partial charge < -0.3 is 19.9 Å². The lowest BCUT2D eigenvalue weighted by Gasteiger charge is -2.34. The minimum Gasteiger partial charge on any atom is -0.494 e. The lowest BCUT2D eigenvalue weighted by Crippen LogP contribution is -2.50. The van der Waals surface area contributed by atoms with Crippen LogP contribution in [0.4, 0.5) is 0 Å². The quantitative estimate of drug-likeness (QED) is 0.350. The lowest BCUT2D eigenvalue weighted by molar-refractivity contribution is -0.130. The molecule has 0 atom stereocenters. The number of amides is 1. The molecule has 28 heavy (non-hydrogen) atoms.